The second-order valence-electron chi connectivity index (χ2n) is 4.14. The van der Waals surface area contributed by atoms with Gasteiger partial charge in [-0.2, -0.15) is 0 Å². The van der Waals surface area contributed by atoms with Crippen molar-refractivity contribution in [1.29, 1.82) is 0 Å². The minimum Gasteiger partial charge on any atom is -0.369 e. The molecule has 0 aromatic carbocycles. The molecule has 1 aliphatic rings. The van der Waals surface area contributed by atoms with Gasteiger partial charge in [-0.25, -0.2) is 4.98 Å². The van der Waals surface area contributed by atoms with Gasteiger partial charge in [0.15, 0.2) is 0 Å². The van der Waals surface area contributed by atoms with E-state index in [1.807, 2.05) is 6.07 Å². The van der Waals surface area contributed by atoms with Crippen LogP contribution in [0.4, 0.5) is 5.95 Å². The Balaban J connectivity index is 2.19. The van der Waals surface area contributed by atoms with Gasteiger partial charge in [-0.1, -0.05) is 12.8 Å². The number of hydrogen-bond donors (Lipinski definition) is 1. The molecule has 0 aliphatic heterocycles. The molecule has 0 bridgehead atoms. The molecule has 0 radical (unpaired) electrons. The second kappa shape index (κ2) is 3.22. The normalized spacial score (nSPS) is 17.6. The Hall–Kier alpha value is -1.58. The quantitative estimate of drug-likeness (QED) is 0.770. The summed E-state index contributed by atoms with van der Waals surface area (Å²) in [5.74, 6) is 0.630. The SMILES string of the molecule is Nc1nc2cnccc2n1C1CCCC1. The van der Waals surface area contributed by atoms with Crippen molar-refractivity contribution in [1.82, 2.24) is 14.5 Å². The first kappa shape index (κ1) is 8.71. The number of hydrogen-bond acceptors (Lipinski definition) is 3. The fraction of sp³-hybridized carbons (Fsp3) is 0.455. The number of nitrogens with two attached hydrogens (primary N) is 1. The fourth-order valence-electron chi connectivity index (χ4n) is 2.52. The minimum absolute atomic E-state index is 0.539. The lowest BCUT2D eigenvalue weighted by Gasteiger charge is -2.13. The number of nitrogen functional groups attached to an aromatic ring is 1. The maximum absolute atomic E-state index is 5.96. The monoisotopic (exact) mass is 202 g/mol. The Morgan fingerprint density at radius 3 is 2.93 bits per heavy atom. The molecular formula is C11H14N4. The van der Waals surface area contributed by atoms with Gasteiger partial charge in [0, 0.05) is 12.2 Å². The van der Waals surface area contributed by atoms with Crippen LogP contribution in [0.25, 0.3) is 11.0 Å². The highest BCUT2D eigenvalue weighted by molar-refractivity contribution is 5.77. The largest absolute Gasteiger partial charge is 0.369 e. The van der Waals surface area contributed by atoms with Crippen molar-refractivity contribution in [3.05, 3.63) is 18.5 Å². The van der Waals surface area contributed by atoms with Crippen molar-refractivity contribution in [3.8, 4) is 0 Å². The molecule has 2 aromatic heterocycles. The van der Waals surface area contributed by atoms with E-state index in [9.17, 15) is 0 Å². The van der Waals surface area contributed by atoms with Gasteiger partial charge in [0.2, 0.25) is 5.95 Å². The molecular weight excluding hydrogens is 188 g/mol. The summed E-state index contributed by atoms with van der Waals surface area (Å²) in [4.78, 5) is 8.40. The van der Waals surface area contributed by atoms with E-state index in [0.717, 1.165) is 11.0 Å². The van der Waals surface area contributed by atoms with E-state index in [1.165, 1.54) is 25.7 Å². The molecule has 0 unspecified atom stereocenters. The first-order chi connectivity index (χ1) is 7.36. The lowest BCUT2D eigenvalue weighted by Crippen LogP contribution is -2.08. The standard InChI is InChI=1S/C11H14N4/c12-11-14-9-7-13-6-5-10(9)15(11)8-3-1-2-4-8/h5-8H,1-4H2,(H2,12,14). The fourth-order valence-corrected chi connectivity index (χ4v) is 2.52. The summed E-state index contributed by atoms with van der Waals surface area (Å²) in [6.45, 7) is 0. The van der Waals surface area contributed by atoms with Gasteiger partial charge in [0.25, 0.3) is 0 Å². The van der Waals surface area contributed by atoms with Crippen molar-refractivity contribution in [2.45, 2.75) is 31.7 Å². The maximum Gasteiger partial charge on any atom is 0.201 e. The number of nitrogens with zero attached hydrogens (tertiary/aromatic N) is 3. The summed E-state index contributed by atoms with van der Waals surface area (Å²) in [7, 11) is 0. The highest BCUT2D eigenvalue weighted by Gasteiger charge is 2.21. The molecule has 4 heteroatoms. The average Bonchev–Trinajstić information content (AvgIpc) is 2.82. The molecule has 3 rings (SSSR count). The molecule has 78 valence electrons. The van der Waals surface area contributed by atoms with Crippen molar-refractivity contribution < 1.29 is 0 Å². The Morgan fingerprint density at radius 2 is 2.13 bits per heavy atom. The summed E-state index contributed by atoms with van der Waals surface area (Å²) in [6, 6.07) is 2.54. The minimum atomic E-state index is 0.539. The van der Waals surface area contributed by atoms with Crippen molar-refractivity contribution >= 4 is 17.0 Å². The van der Waals surface area contributed by atoms with Crippen LogP contribution < -0.4 is 5.73 Å². The summed E-state index contributed by atoms with van der Waals surface area (Å²) in [5, 5.41) is 0. The number of pyridine rings is 1. The van der Waals surface area contributed by atoms with Crippen LogP contribution in [-0.4, -0.2) is 14.5 Å². The first-order valence-electron chi connectivity index (χ1n) is 5.43. The van der Waals surface area contributed by atoms with Crippen molar-refractivity contribution in [2.75, 3.05) is 5.73 Å². The van der Waals surface area contributed by atoms with Crippen molar-refractivity contribution in [3.63, 3.8) is 0 Å². The van der Waals surface area contributed by atoms with E-state index in [1.54, 1.807) is 12.4 Å². The van der Waals surface area contributed by atoms with Crippen LogP contribution in [0.2, 0.25) is 0 Å². The summed E-state index contributed by atoms with van der Waals surface area (Å²) in [5.41, 5.74) is 7.98. The molecule has 1 fully saturated rings. The van der Waals surface area contributed by atoms with Gasteiger partial charge in [0.05, 0.1) is 11.7 Å². The van der Waals surface area contributed by atoms with Gasteiger partial charge < -0.3 is 10.3 Å². The third kappa shape index (κ3) is 1.28. The highest BCUT2D eigenvalue weighted by Crippen LogP contribution is 2.33. The molecule has 4 nitrogen and oxygen atoms in total. The molecule has 0 saturated heterocycles. The molecule has 0 atom stereocenters. The summed E-state index contributed by atoms with van der Waals surface area (Å²) in [6.07, 6.45) is 8.62. The van der Waals surface area contributed by atoms with Crippen LogP contribution in [-0.2, 0) is 0 Å². The topological polar surface area (TPSA) is 56.7 Å². The van der Waals surface area contributed by atoms with Crippen LogP contribution in [0.15, 0.2) is 18.5 Å². The van der Waals surface area contributed by atoms with E-state index in [4.69, 9.17) is 5.73 Å². The zero-order valence-electron chi connectivity index (χ0n) is 8.56. The molecule has 15 heavy (non-hydrogen) atoms. The van der Waals surface area contributed by atoms with Gasteiger partial charge in [-0.05, 0) is 18.9 Å². The molecule has 2 aromatic rings. The predicted molar refractivity (Wildman–Crippen MR) is 59.4 cm³/mol. The summed E-state index contributed by atoms with van der Waals surface area (Å²) >= 11 is 0. The zero-order valence-corrected chi connectivity index (χ0v) is 8.56. The van der Waals surface area contributed by atoms with E-state index < -0.39 is 0 Å². The van der Waals surface area contributed by atoms with Gasteiger partial charge >= 0.3 is 0 Å². The second-order valence-corrected chi connectivity index (χ2v) is 4.14. The Labute approximate surface area is 88.1 Å². The smallest absolute Gasteiger partial charge is 0.201 e. The number of imidazole rings is 1. The average molecular weight is 202 g/mol. The Bertz CT molecular complexity index is 482. The molecule has 2 N–H and O–H groups in total. The van der Waals surface area contributed by atoms with Crippen LogP contribution in [0.3, 0.4) is 0 Å². The molecule has 2 heterocycles. The third-order valence-corrected chi connectivity index (χ3v) is 3.21. The first-order valence-corrected chi connectivity index (χ1v) is 5.43. The number of fused-ring (bicyclic) bond motifs is 1. The van der Waals surface area contributed by atoms with E-state index in [-0.39, 0.29) is 0 Å². The Morgan fingerprint density at radius 1 is 1.33 bits per heavy atom. The number of rotatable bonds is 1. The van der Waals surface area contributed by atoms with E-state index in [2.05, 4.69) is 14.5 Å². The van der Waals surface area contributed by atoms with Crippen LogP contribution >= 0.6 is 0 Å². The Kier molecular flexibility index (Phi) is 1.87. The maximum atomic E-state index is 5.96. The molecule has 1 aliphatic carbocycles. The summed E-state index contributed by atoms with van der Waals surface area (Å²) < 4.78 is 2.17. The number of anilines is 1. The molecule has 0 spiro atoms. The van der Waals surface area contributed by atoms with Crippen LogP contribution in [0.1, 0.15) is 31.7 Å². The van der Waals surface area contributed by atoms with E-state index >= 15 is 0 Å². The molecule has 0 amide bonds. The predicted octanol–water partition coefficient (Wildman–Crippen LogP) is 2.13. The third-order valence-electron chi connectivity index (χ3n) is 3.21. The highest BCUT2D eigenvalue weighted by atomic mass is 15.2. The van der Waals surface area contributed by atoms with Gasteiger partial charge in [0.1, 0.15) is 5.52 Å². The van der Waals surface area contributed by atoms with Crippen LogP contribution in [0.5, 0.6) is 0 Å². The van der Waals surface area contributed by atoms with Crippen LogP contribution in [0, 0.1) is 0 Å². The number of aromatic nitrogens is 3. The van der Waals surface area contributed by atoms with Crippen molar-refractivity contribution in [2.24, 2.45) is 0 Å². The van der Waals surface area contributed by atoms with Gasteiger partial charge in [-0.15, -0.1) is 0 Å². The lowest BCUT2D eigenvalue weighted by molar-refractivity contribution is 0.539. The lowest BCUT2D eigenvalue weighted by atomic mass is 10.2. The van der Waals surface area contributed by atoms with Gasteiger partial charge in [-0.3, -0.25) is 4.98 Å². The van der Waals surface area contributed by atoms with E-state index in [0.29, 0.717) is 12.0 Å². The molecule has 1 saturated carbocycles. The zero-order chi connectivity index (χ0) is 10.3.